The third kappa shape index (κ3) is 4.75. The molecule has 1 unspecified atom stereocenters. The summed E-state index contributed by atoms with van der Waals surface area (Å²) in [5, 5.41) is -1.42. The van der Waals surface area contributed by atoms with E-state index in [4.69, 9.17) is 0 Å². The van der Waals surface area contributed by atoms with Gasteiger partial charge < -0.3 is 4.55 Å². The molecule has 0 aliphatic carbocycles. The van der Waals surface area contributed by atoms with Crippen LogP contribution in [0.25, 0.3) is 0 Å². The molecule has 0 radical (unpaired) electrons. The fourth-order valence-electron chi connectivity index (χ4n) is 1.56. The lowest BCUT2D eigenvalue weighted by atomic mass is 9.88. The maximum Gasteiger partial charge on any atom is 0.150 e. The molecule has 15 heavy (non-hydrogen) atoms. The van der Waals surface area contributed by atoms with E-state index in [1.807, 2.05) is 6.92 Å². The van der Waals surface area contributed by atoms with Gasteiger partial charge in [0.15, 0.2) is 0 Å². The Morgan fingerprint density at radius 1 is 1.33 bits per heavy atom. The summed E-state index contributed by atoms with van der Waals surface area (Å²) >= 11 is 0. The molecule has 0 aromatic carbocycles. The van der Waals surface area contributed by atoms with Crippen molar-refractivity contribution in [2.45, 2.75) is 52.2 Å². The highest BCUT2D eigenvalue weighted by Gasteiger charge is 2.35. The lowest BCUT2D eigenvalue weighted by molar-refractivity contribution is -0.120. The van der Waals surface area contributed by atoms with E-state index in [-0.39, 0.29) is 6.42 Å². The van der Waals surface area contributed by atoms with Gasteiger partial charge in [-0.05, 0) is 11.8 Å². The van der Waals surface area contributed by atoms with Gasteiger partial charge in [0.05, 0.1) is 0 Å². The van der Waals surface area contributed by atoms with E-state index in [9.17, 15) is 17.8 Å². The summed E-state index contributed by atoms with van der Waals surface area (Å²) in [7, 11) is -4.55. The first-order chi connectivity index (χ1) is 6.60. The minimum Gasteiger partial charge on any atom is -0.747 e. The Morgan fingerprint density at radius 3 is 2.07 bits per heavy atom. The normalized spacial score (nSPS) is 15.0. The van der Waals surface area contributed by atoms with Gasteiger partial charge in [-0.1, -0.05) is 34.1 Å². The van der Waals surface area contributed by atoms with Crippen LogP contribution < -0.4 is 0 Å². The van der Waals surface area contributed by atoms with Gasteiger partial charge in [-0.15, -0.1) is 0 Å². The van der Waals surface area contributed by atoms with E-state index in [1.54, 1.807) is 20.8 Å². The zero-order valence-electron chi connectivity index (χ0n) is 9.74. The van der Waals surface area contributed by atoms with E-state index in [2.05, 4.69) is 0 Å². The molecule has 0 rings (SSSR count). The quantitative estimate of drug-likeness (QED) is 0.680. The lowest BCUT2D eigenvalue weighted by Crippen LogP contribution is -2.41. The van der Waals surface area contributed by atoms with Gasteiger partial charge in [-0.2, -0.15) is 0 Å². The SMILES string of the molecule is CCCCC(=O)C(C(C)(C)C)S(=O)(=O)[O-]. The number of carbonyl (C=O) groups excluding carboxylic acids is 1. The van der Waals surface area contributed by atoms with Crippen LogP contribution in [0.5, 0.6) is 0 Å². The van der Waals surface area contributed by atoms with Crippen LogP contribution in [0.3, 0.4) is 0 Å². The smallest absolute Gasteiger partial charge is 0.150 e. The van der Waals surface area contributed by atoms with Crippen molar-refractivity contribution in [1.29, 1.82) is 0 Å². The number of unbranched alkanes of at least 4 members (excludes halogenated alkanes) is 1. The van der Waals surface area contributed by atoms with Crippen molar-refractivity contribution in [1.82, 2.24) is 0 Å². The van der Waals surface area contributed by atoms with Crippen LogP contribution in [0.4, 0.5) is 0 Å². The zero-order valence-corrected chi connectivity index (χ0v) is 10.6. The minimum absolute atomic E-state index is 0.167. The Balaban J connectivity index is 4.91. The van der Waals surface area contributed by atoms with E-state index in [1.165, 1.54) is 0 Å². The summed E-state index contributed by atoms with van der Waals surface area (Å²) in [6.45, 7) is 6.69. The standard InChI is InChI=1S/C10H20O4S/c1-5-6-7-8(11)9(10(2,3)4)15(12,13)14/h9H,5-7H2,1-4H3,(H,12,13,14)/p-1. The highest BCUT2D eigenvalue weighted by Crippen LogP contribution is 2.27. The van der Waals surface area contributed by atoms with Crippen molar-refractivity contribution in [2.24, 2.45) is 5.41 Å². The number of hydrogen-bond acceptors (Lipinski definition) is 4. The average Bonchev–Trinajstić information content (AvgIpc) is 1.94. The van der Waals surface area contributed by atoms with Crippen molar-refractivity contribution >= 4 is 15.9 Å². The van der Waals surface area contributed by atoms with Gasteiger partial charge in [0.25, 0.3) is 0 Å². The van der Waals surface area contributed by atoms with E-state index in [0.29, 0.717) is 6.42 Å². The van der Waals surface area contributed by atoms with Crippen LogP contribution in [0.15, 0.2) is 0 Å². The number of hydrogen-bond donors (Lipinski definition) is 0. The summed E-state index contributed by atoms with van der Waals surface area (Å²) < 4.78 is 33.0. The third-order valence-corrected chi connectivity index (χ3v) is 3.69. The van der Waals surface area contributed by atoms with Gasteiger partial charge in [0.1, 0.15) is 21.2 Å². The Hall–Kier alpha value is -0.420. The zero-order chi connectivity index (χ0) is 12.3. The molecule has 0 heterocycles. The second-order valence-electron chi connectivity index (χ2n) is 4.81. The highest BCUT2D eigenvalue weighted by atomic mass is 32.2. The first-order valence-electron chi connectivity index (χ1n) is 5.08. The number of Topliss-reactive ketones (excluding diaryl/α,β-unsaturated/α-hetero) is 1. The molecule has 0 saturated carbocycles. The van der Waals surface area contributed by atoms with Crippen LogP contribution in [-0.4, -0.2) is 24.0 Å². The molecular formula is C10H19O4S-. The second kappa shape index (κ2) is 5.07. The number of rotatable bonds is 5. The Bertz CT molecular complexity index is 311. The van der Waals surface area contributed by atoms with Crippen molar-refractivity contribution in [3.63, 3.8) is 0 Å². The van der Waals surface area contributed by atoms with E-state index >= 15 is 0 Å². The average molecular weight is 235 g/mol. The first-order valence-corrected chi connectivity index (χ1v) is 6.55. The van der Waals surface area contributed by atoms with E-state index < -0.39 is 26.6 Å². The Kier molecular flexibility index (Phi) is 4.93. The van der Waals surface area contributed by atoms with Crippen molar-refractivity contribution in [2.75, 3.05) is 0 Å². The van der Waals surface area contributed by atoms with Crippen molar-refractivity contribution in [3.8, 4) is 0 Å². The second-order valence-corrected chi connectivity index (χ2v) is 6.27. The Morgan fingerprint density at radius 2 is 1.80 bits per heavy atom. The molecular weight excluding hydrogens is 216 g/mol. The minimum atomic E-state index is -4.55. The number of carbonyl (C=O) groups is 1. The Labute approximate surface area is 91.8 Å². The predicted octanol–water partition coefficient (Wildman–Crippen LogP) is 1.71. The van der Waals surface area contributed by atoms with Crippen molar-refractivity contribution < 1.29 is 17.8 Å². The molecule has 0 N–H and O–H groups in total. The largest absolute Gasteiger partial charge is 0.747 e. The van der Waals surface area contributed by atoms with Crippen LogP contribution in [0.2, 0.25) is 0 Å². The number of ketones is 1. The lowest BCUT2D eigenvalue weighted by Gasteiger charge is -2.31. The van der Waals surface area contributed by atoms with Gasteiger partial charge >= 0.3 is 0 Å². The maximum atomic E-state index is 11.6. The molecule has 0 aliphatic heterocycles. The fraction of sp³-hybridized carbons (Fsp3) is 0.900. The van der Waals surface area contributed by atoms with Gasteiger partial charge in [-0.3, -0.25) is 4.79 Å². The summed E-state index contributed by atoms with van der Waals surface area (Å²) in [5.41, 5.74) is -0.828. The monoisotopic (exact) mass is 235 g/mol. The molecule has 4 nitrogen and oxygen atoms in total. The van der Waals surface area contributed by atoms with E-state index in [0.717, 1.165) is 6.42 Å². The molecule has 0 spiro atoms. The molecule has 5 heteroatoms. The van der Waals surface area contributed by atoms with Crippen LogP contribution >= 0.6 is 0 Å². The van der Waals surface area contributed by atoms with Crippen LogP contribution in [0.1, 0.15) is 47.0 Å². The maximum absolute atomic E-state index is 11.6. The molecule has 1 atom stereocenters. The molecule has 0 bridgehead atoms. The van der Waals surface area contributed by atoms with Gasteiger partial charge in [-0.25, -0.2) is 8.42 Å². The molecule has 0 aromatic rings. The fourth-order valence-corrected chi connectivity index (χ4v) is 2.86. The molecule has 0 fully saturated rings. The molecule has 90 valence electrons. The first kappa shape index (κ1) is 14.6. The summed E-state index contributed by atoms with van der Waals surface area (Å²) in [6.07, 6.45) is 1.60. The summed E-state index contributed by atoms with van der Waals surface area (Å²) in [4.78, 5) is 11.6. The molecule has 0 amide bonds. The highest BCUT2D eigenvalue weighted by molar-refractivity contribution is 7.87. The van der Waals surface area contributed by atoms with Crippen molar-refractivity contribution in [3.05, 3.63) is 0 Å². The predicted molar refractivity (Wildman–Crippen MR) is 57.5 cm³/mol. The van der Waals surface area contributed by atoms with Gasteiger partial charge in [0.2, 0.25) is 0 Å². The molecule has 0 aliphatic rings. The molecule has 0 saturated heterocycles. The summed E-state index contributed by atoms with van der Waals surface area (Å²) in [5.74, 6) is -0.459. The molecule has 0 aromatic heterocycles. The van der Waals surface area contributed by atoms with Crippen LogP contribution in [-0.2, 0) is 14.9 Å². The third-order valence-electron chi connectivity index (χ3n) is 2.14. The van der Waals surface area contributed by atoms with Crippen LogP contribution in [0, 0.1) is 5.41 Å². The van der Waals surface area contributed by atoms with Gasteiger partial charge in [0, 0.05) is 6.42 Å². The summed E-state index contributed by atoms with van der Waals surface area (Å²) in [6, 6.07) is 0. The topological polar surface area (TPSA) is 74.3 Å².